The van der Waals surface area contributed by atoms with E-state index in [0.717, 1.165) is 0 Å². The Kier molecular flexibility index (Phi) is 6.70. The number of methoxy groups -OCH3 is 1. The fourth-order valence-corrected chi connectivity index (χ4v) is 0.505. The molecule has 0 saturated carbocycles. The van der Waals surface area contributed by atoms with Crippen LogP contribution in [0, 0.1) is 0 Å². The molecular weight excluding hydrogens is 160 g/mol. The van der Waals surface area contributed by atoms with Crippen molar-refractivity contribution in [2.24, 2.45) is 0 Å². The van der Waals surface area contributed by atoms with Gasteiger partial charge < -0.3 is 14.2 Å². The van der Waals surface area contributed by atoms with Crippen LogP contribution in [0.5, 0.6) is 0 Å². The lowest BCUT2D eigenvalue weighted by atomic mass is 10.4. The van der Waals surface area contributed by atoms with Crippen molar-refractivity contribution in [3.63, 3.8) is 0 Å². The molecule has 4 nitrogen and oxygen atoms in total. The van der Waals surface area contributed by atoms with Crippen molar-refractivity contribution in [3.05, 3.63) is 0 Å². The Morgan fingerprint density at radius 3 is 2.67 bits per heavy atom. The maximum Gasteiger partial charge on any atom is 0.332 e. The Morgan fingerprint density at radius 2 is 2.17 bits per heavy atom. The third-order valence-corrected chi connectivity index (χ3v) is 1.31. The summed E-state index contributed by atoms with van der Waals surface area (Å²) in [5.41, 5.74) is 0. The predicted molar refractivity (Wildman–Crippen MR) is 43.9 cm³/mol. The Bertz CT molecular complexity index is 124. The highest BCUT2D eigenvalue weighted by molar-refractivity contribution is 5.70. The van der Waals surface area contributed by atoms with E-state index in [4.69, 9.17) is 14.2 Å². The second kappa shape index (κ2) is 7.06. The van der Waals surface area contributed by atoms with E-state index < -0.39 is 0 Å². The van der Waals surface area contributed by atoms with Crippen molar-refractivity contribution in [2.75, 3.05) is 26.9 Å². The highest BCUT2D eigenvalue weighted by Gasteiger charge is 2.05. The van der Waals surface area contributed by atoms with Crippen LogP contribution in [0.1, 0.15) is 13.8 Å². The molecule has 0 saturated heterocycles. The van der Waals surface area contributed by atoms with Gasteiger partial charge in [-0.15, -0.1) is 0 Å². The second-order valence-corrected chi connectivity index (χ2v) is 2.37. The fourth-order valence-electron chi connectivity index (χ4n) is 0.505. The summed E-state index contributed by atoms with van der Waals surface area (Å²) in [5.74, 6) is -0.347. The molecule has 0 bridgehead atoms. The van der Waals surface area contributed by atoms with E-state index >= 15 is 0 Å². The van der Waals surface area contributed by atoms with Crippen molar-refractivity contribution >= 4 is 5.97 Å². The lowest BCUT2D eigenvalue weighted by Gasteiger charge is -2.09. The molecule has 0 aromatic carbocycles. The third kappa shape index (κ3) is 6.12. The summed E-state index contributed by atoms with van der Waals surface area (Å²) in [7, 11) is 1.57. The minimum absolute atomic E-state index is 0.0208. The molecule has 0 aromatic heterocycles. The maximum atomic E-state index is 10.8. The highest BCUT2D eigenvalue weighted by Crippen LogP contribution is 1.90. The normalized spacial score (nSPS) is 12.6. The molecular formula is C8H16O4. The van der Waals surface area contributed by atoms with Crippen LogP contribution < -0.4 is 0 Å². The standard InChI is InChI=1S/C8H16O4/c1-4-11-6-8(9)12-5-7(2)10-3/h7H,4-6H2,1-3H3. The molecule has 0 spiro atoms. The van der Waals surface area contributed by atoms with Gasteiger partial charge in [0.2, 0.25) is 0 Å². The number of carbonyl (C=O) groups is 1. The predicted octanol–water partition coefficient (Wildman–Crippen LogP) is 0.601. The molecule has 0 aliphatic heterocycles. The minimum Gasteiger partial charge on any atom is -0.461 e. The van der Waals surface area contributed by atoms with Gasteiger partial charge in [0, 0.05) is 13.7 Å². The van der Waals surface area contributed by atoms with Crippen LogP contribution in [0.3, 0.4) is 0 Å². The molecule has 0 heterocycles. The first-order chi connectivity index (χ1) is 5.70. The van der Waals surface area contributed by atoms with E-state index in [0.29, 0.717) is 6.61 Å². The lowest BCUT2D eigenvalue weighted by molar-refractivity contribution is -0.151. The summed E-state index contributed by atoms with van der Waals surface area (Å²) >= 11 is 0. The van der Waals surface area contributed by atoms with Gasteiger partial charge in [0.25, 0.3) is 0 Å². The first kappa shape index (κ1) is 11.4. The molecule has 0 N–H and O–H groups in total. The maximum absolute atomic E-state index is 10.8. The molecule has 0 rings (SSSR count). The summed E-state index contributed by atoms with van der Waals surface area (Å²) < 4.78 is 14.5. The van der Waals surface area contributed by atoms with Crippen LogP contribution in [0.15, 0.2) is 0 Å². The number of hydrogen-bond donors (Lipinski definition) is 0. The Labute approximate surface area is 72.8 Å². The van der Waals surface area contributed by atoms with Gasteiger partial charge in [-0.3, -0.25) is 0 Å². The molecule has 4 heteroatoms. The topological polar surface area (TPSA) is 44.8 Å². The van der Waals surface area contributed by atoms with E-state index in [1.165, 1.54) is 0 Å². The number of ether oxygens (including phenoxy) is 3. The minimum atomic E-state index is -0.347. The van der Waals surface area contributed by atoms with E-state index in [2.05, 4.69) is 0 Å². The summed E-state index contributed by atoms with van der Waals surface area (Å²) in [6, 6.07) is 0. The first-order valence-corrected chi connectivity index (χ1v) is 3.96. The van der Waals surface area contributed by atoms with E-state index in [1.54, 1.807) is 7.11 Å². The van der Waals surface area contributed by atoms with E-state index in [1.807, 2.05) is 13.8 Å². The molecule has 1 atom stereocenters. The zero-order valence-corrected chi connectivity index (χ0v) is 7.83. The smallest absolute Gasteiger partial charge is 0.332 e. The quantitative estimate of drug-likeness (QED) is 0.556. The van der Waals surface area contributed by atoms with Crippen LogP contribution in [-0.4, -0.2) is 39.0 Å². The average Bonchev–Trinajstić information content (AvgIpc) is 2.10. The summed E-state index contributed by atoms with van der Waals surface area (Å²) in [4.78, 5) is 10.8. The van der Waals surface area contributed by atoms with Gasteiger partial charge in [-0.25, -0.2) is 4.79 Å². The lowest BCUT2D eigenvalue weighted by Crippen LogP contribution is -2.20. The molecule has 0 aliphatic carbocycles. The molecule has 0 radical (unpaired) electrons. The van der Waals surface area contributed by atoms with Gasteiger partial charge in [-0.05, 0) is 13.8 Å². The van der Waals surface area contributed by atoms with Crippen LogP contribution in [0.4, 0.5) is 0 Å². The number of carbonyl (C=O) groups excluding carboxylic acids is 1. The zero-order valence-electron chi connectivity index (χ0n) is 7.83. The van der Waals surface area contributed by atoms with Gasteiger partial charge in [0.1, 0.15) is 13.2 Å². The third-order valence-electron chi connectivity index (χ3n) is 1.31. The van der Waals surface area contributed by atoms with Crippen LogP contribution in [0.25, 0.3) is 0 Å². The van der Waals surface area contributed by atoms with Crippen LogP contribution in [0.2, 0.25) is 0 Å². The van der Waals surface area contributed by atoms with Crippen molar-refractivity contribution in [1.82, 2.24) is 0 Å². The van der Waals surface area contributed by atoms with E-state index in [-0.39, 0.29) is 25.3 Å². The highest BCUT2D eigenvalue weighted by atomic mass is 16.6. The van der Waals surface area contributed by atoms with Crippen LogP contribution in [-0.2, 0) is 19.0 Å². The summed E-state index contributed by atoms with van der Waals surface area (Å²) in [6.45, 7) is 4.48. The second-order valence-electron chi connectivity index (χ2n) is 2.37. The van der Waals surface area contributed by atoms with Gasteiger partial charge in [-0.2, -0.15) is 0 Å². The Morgan fingerprint density at radius 1 is 1.50 bits per heavy atom. The van der Waals surface area contributed by atoms with Crippen LogP contribution >= 0.6 is 0 Å². The zero-order chi connectivity index (χ0) is 9.40. The Balaban J connectivity index is 3.31. The van der Waals surface area contributed by atoms with Crippen molar-refractivity contribution in [1.29, 1.82) is 0 Å². The number of hydrogen-bond acceptors (Lipinski definition) is 4. The molecule has 0 aromatic rings. The molecule has 72 valence electrons. The Hall–Kier alpha value is -0.610. The molecule has 12 heavy (non-hydrogen) atoms. The molecule has 0 aliphatic rings. The average molecular weight is 176 g/mol. The summed E-state index contributed by atoms with van der Waals surface area (Å²) in [6.07, 6.45) is -0.0597. The SMILES string of the molecule is CCOCC(=O)OCC(C)OC. The fraction of sp³-hybridized carbons (Fsp3) is 0.875. The van der Waals surface area contributed by atoms with Gasteiger partial charge in [0.05, 0.1) is 6.10 Å². The molecule has 0 fully saturated rings. The van der Waals surface area contributed by atoms with Crippen molar-refractivity contribution < 1.29 is 19.0 Å². The van der Waals surface area contributed by atoms with Crippen molar-refractivity contribution in [2.45, 2.75) is 20.0 Å². The van der Waals surface area contributed by atoms with Gasteiger partial charge in [0.15, 0.2) is 0 Å². The van der Waals surface area contributed by atoms with Gasteiger partial charge >= 0.3 is 5.97 Å². The number of rotatable bonds is 6. The summed E-state index contributed by atoms with van der Waals surface area (Å²) in [5, 5.41) is 0. The van der Waals surface area contributed by atoms with E-state index in [9.17, 15) is 4.79 Å². The monoisotopic (exact) mass is 176 g/mol. The first-order valence-electron chi connectivity index (χ1n) is 3.96. The van der Waals surface area contributed by atoms with Crippen molar-refractivity contribution in [3.8, 4) is 0 Å². The number of esters is 1. The molecule has 0 amide bonds. The largest absolute Gasteiger partial charge is 0.461 e. The molecule has 1 unspecified atom stereocenters. The van der Waals surface area contributed by atoms with Gasteiger partial charge in [-0.1, -0.05) is 0 Å².